The van der Waals surface area contributed by atoms with E-state index in [0.29, 0.717) is 0 Å². The van der Waals surface area contributed by atoms with Crippen LogP contribution in [0.3, 0.4) is 0 Å². The summed E-state index contributed by atoms with van der Waals surface area (Å²) in [4.78, 5) is 4.28. The highest BCUT2D eigenvalue weighted by Gasteiger charge is 2.10. The number of hydrogen-bond acceptors (Lipinski definition) is 4. The molecule has 0 saturated carbocycles. The monoisotopic (exact) mass is 276 g/mol. The van der Waals surface area contributed by atoms with E-state index in [0.717, 1.165) is 24.4 Å². The Balaban J connectivity index is 1.94. The third kappa shape index (κ3) is 3.78. The molecule has 1 atom stereocenters. The molecule has 0 aliphatic carbocycles. The molecule has 1 heterocycles. The van der Waals surface area contributed by atoms with Gasteiger partial charge >= 0.3 is 0 Å². The van der Waals surface area contributed by atoms with Crippen molar-refractivity contribution in [3.63, 3.8) is 0 Å². The van der Waals surface area contributed by atoms with Crippen molar-refractivity contribution in [2.24, 2.45) is 0 Å². The second kappa shape index (κ2) is 6.68. The van der Waals surface area contributed by atoms with Crippen LogP contribution in [-0.2, 0) is 6.42 Å². The summed E-state index contributed by atoms with van der Waals surface area (Å²) in [5.41, 5.74) is 5.45. The molecule has 1 N–H and O–H groups in total. The molecule has 0 fully saturated rings. The van der Waals surface area contributed by atoms with Crippen molar-refractivity contribution >= 4 is 11.3 Å². The van der Waals surface area contributed by atoms with Crippen molar-refractivity contribution in [2.75, 3.05) is 13.7 Å². The number of nitrogens with zero attached hydrogens (tertiary/aromatic N) is 1. The molecule has 0 bridgehead atoms. The minimum absolute atomic E-state index is 0.272. The number of ether oxygens (including phenoxy) is 1. The van der Waals surface area contributed by atoms with Crippen LogP contribution in [0.25, 0.3) is 0 Å². The van der Waals surface area contributed by atoms with Gasteiger partial charge in [-0.2, -0.15) is 0 Å². The summed E-state index contributed by atoms with van der Waals surface area (Å²) in [7, 11) is 1.72. The zero-order valence-electron chi connectivity index (χ0n) is 11.6. The highest BCUT2D eigenvalue weighted by Crippen LogP contribution is 2.25. The third-order valence-corrected chi connectivity index (χ3v) is 3.81. The average Bonchev–Trinajstić information content (AvgIpc) is 2.91. The topological polar surface area (TPSA) is 34.1 Å². The van der Waals surface area contributed by atoms with Crippen molar-refractivity contribution in [1.29, 1.82) is 0 Å². The van der Waals surface area contributed by atoms with Crippen molar-refractivity contribution in [2.45, 2.75) is 26.3 Å². The van der Waals surface area contributed by atoms with Crippen LogP contribution in [0.1, 0.15) is 29.8 Å². The number of aryl methyl sites for hydroxylation is 1. The summed E-state index contributed by atoms with van der Waals surface area (Å²) in [5.74, 6) is 0.952. The lowest BCUT2D eigenvalue weighted by Crippen LogP contribution is -2.22. The quantitative estimate of drug-likeness (QED) is 0.878. The van der Waals surface area contributed by atoms with Crippen molar-refractivity contribution < 1.29 is 4.74 Å². The number of rotatable bonds is 6. The molecular formula is C15H20N2OS. The predicted octanol–water partition coefficient (Wildman–Crippen LogP) is 3.35. The molecule has 19 heavy (non-hydrogen) atoms. The fourth-order valence-electron chi connectivity index (χ4n) is 2.06. The molecule has 2 aromatic rings. The number of aromatic nitrogens is 1. The summed E-state index contributed by atoms with van der Waals surface area (Å²) < 4.78 is 5.45. The van der Waals surface area contributed by atoms with Crippen LogP contribution in [0.5, 0.6) is 5.75 Å². The lowest BCUT2D eigenvalue weighted by molar-refractivity contribution is 0.401. The van der Waals surface area contributed by atoms with Gasteiger partial charge in [0.25, 0.3) is 0 Å². The molecular weight excluding hydrogens is 256 g/mol. The predicted molar refractivity (Wildman–Crippen MR) is 80.0 cm³/mol. The van der Waals surface area contributed by atoms with Crippen molar-refractivity contribution in [3.8, 4) is 5.75 Å². The van der Waals surface area contributed by atoms with Gasteiger partial charge in [-0.15, -0.1) is 11.3 Å². The standard InChI is InChI=1S/C15H20N2OS/c1-11-4-5-14(15(8-11)18-3)12(2)16-7-6-13-9-19-10-17-13/h4-5,8-10,12,16H,6-7H2,1-3H3. The highest BCUT2D eigenvalue weighted by atomic mass is 32.1. The van der Waals surface area contributed by atoms with Crippen molar-refractivity contribution in [3.05, 3.63) is 45.9 Å². The fraction of sp³-hybridized carbons (Fsp3) is 0.400. The minimum atomic E-state index is 0.272. The Kier molecular flexibility index (Phi) is 4.93. The van der Waals surface area contributed by atoms with Gasteiger partial charge in [-0.3, -0.25) is 0 Å². The Hall–Kier alpha value is -1.39. The number of hydrogen-bond donors (Lipinski definition) is 1. The average molecular weight is 276 g/mol. The van der Waals surface area contributed by atoms with Gasteiger partial charge in [-0.25, -0.2) is 4.98 Å². The molecule has 4 heteroatoms. The van der Waals surface area contributed by atoms with Gasteiger partial charge in [0, 0.05) is 30.0 Å². The molecule has 0 amide bonds. The van der Waals surface area contributed by atoms with Gasteiger partial charge in [0.15, 0.2) is 0 Å². The fourth-order valence-corrected chi connectivity index (χ4v) is 2.66. The second-order valence-corrected chi connectivity index (χ2v) is 5.37. The van der Waals surface area contributed by atoms with Gasteiger partial charge < -0.3 is 10.1 Å². The number of nitrogens with one attached hydrogen (secondary N) is 1. The van der Waals surface area contributed by atoms with Crippen LogP contribution < -0.4 is 10.1 Å². The Morgan fingerprint density at radius 2 is 2.26 bits per heavy atom. The summed E-state index contributed by atoms with van der Waals surface area (Å²) in [6, 6.07) is 6.60. The summed E-state index contributed by atoms with van der Waals surface area (Å²) in [5, 5.41) is 5.61. The number of benzene rings is 1. The summed E-state index contributed by atoms with van der Waals surface area (Å²) in [6.45, 7) is 5.16. The van der Waals surface area contributed by atoms with E-state index in [1.54, 1.807) is 18.4 Å². The largest absolute Gasteiger partial charge is 0.496 e. The molecule has 1 aromatic heterocycles. The van der Waals surface area contributed by atoms with Crippen LogP contribution in [0.4, 0.5) is 0 Å². The van der Waals surface area contributed by atoms with Gasteiger partial charge in [0.2, 0.25) is 0 Å². The molecule has 2 rings (SSSR count). The van der Waals surface area contributed by atoms with E-state index in [-0.39, 0.29) is 6.04 Å². The normalized spacial score (nSPS) is 12.4. The summed E-state index contributed by atoms with van der Waals surface area (Å²) in [6.07, 6.45) is 0.960. The maximum absolute atomic E-state index is 5.45. The van der Waals surface area contributed by atoms with E-state index < -0.39 is 0 Å². The van der Waals surface area contributed by atoms with E-state index in [1.807, 2.05) is 5.51 Å². The van der Waals surface area contributed by atoms with Crippen LogP contribution in [0.2, 0.25) is 0 Å². The summed E-state index contributed by atoms with van der Waals surface area (Å²) >= 11 is 1.64. The Bertz CT molecular complexity index is 511. The van der Waals surface area contributed by atoms with Gasteiger partial charge in [0.05, 0.1) is 18.3 Å². The Labute approximate surface area is 118 Å². The van der Waals surface area contributed by atoms with E-state index in [2.05, 4.69) is 47.7 Å². The maximum Gasteiger partial charge on any atom is 0.123 e. The minimum Gasteiger partial charge on any atom is -0.496 e. The van der Waals surface area contributed by atoms with E-state index >= 15 is 0 Å². The zero-order valence-corrected chi connectivity index (χ0v) is 12.5. The molecule has 102 valence electrons. The molecule has 0 spiro atoms. The van der Waals surface area contributed by atoms with Crippen LogP contribution >= 0.6 is 11.3 Å². The zero-order chi connectivity index (χ0) is 13.7. The van der Waals surface area contributed by atoms with Crippen molar-refractivity contribution in [1.82, 2.24) is 10.3 Å². The van der Waals surface area contributed by atoms with E-state index in [4.69, 9.17) is 4.74 Å². The Morgan fingerprint density at radius 1 is 1.42 bits per heavy atom. The van der Waals surface area contributed by atoms with Crippen LogP contribution in [-0.4, -0.2) is 18.6 Å². The van der Waals surface area contributed by atoms with Gasteiger partial charge in [0.1, 0.15) is 5.75 Å². The first-order valence-corrected chi connectivity index (χ1v) is 7.40. The second-order valence-electron chi connectivity index (χ2n) is 4.65. The highest BCUT2D eigenvalue weighted by molar-refractivity contribution is 7.07. The first-order chi connectivity index (χ1) is 9.20. The molecule has 1 unspecified atom stereocenters. The van der Waals surface area contributed by atoms with Crippen LogP contribution in [0.15, 0.2) is 29.1 Å². The molecule has 3 nitrogen and oxygen atoms in total. The molecule has 0 aliphatic heterocycles. The van der Waals surface area contributed by atoms with Gasteiger partial charge in [-0.05, 0) is 25.5 Å². The number of thiazole rings is 1. The third-order valence-electron chi connectivity index (χ3n) is 3.17. The molecule has 1 aromatic carbocycles. The lowest BCUT2D eigenvalue weighted by Gasteiger charge is -2.17. The van der Waals surface area contributed by atoms with Crippen LogP contribution in [0, 0.1) is 6.92 Å². The molecule has 0 saturated heterocycles. The first-order valence-electron chi connectivity index (χ1n) is 6.45. The smallest absolute Gasteiger partial charge is 0.123 e. The SMILES string of the molecule is COc1cc(C)ccc1C(C)NCCc1cscn1. The maximum atomic E-state index is 5.45. The van der Waals surface area contributed by atoms with Gasteiger partial charge in [-0.1, -0.05) is 12.1 Å². The van der Waals surface area contributed by atoms with E-state index in [9.17, 15) is 0 Å². The van der Waals surface area contributed by atoms with E-state index in [1.165, 1.54) is 11.1 Å². The number of methoxy groups -OCH3 is 1. The Morgan fingerprint density at radius 3 is 2.95 bits per heavy atom. The first kappa shape index (κ1) is 14.0. The lowest BCUT2D eigenvalue weighted by atomic mass is 10.0. The molecule has 0 radical (unpaired) electrons. The molecule has 0 aliphatic rings.